The SMILES string of the molecule is NCc1ccc([N+](=O)[O-])c(OCc2cn3ccsc3n2)c1. The number of benzene rings is 1. The maximum Gasteiger partial charge on any atom is 0.310 e. The van der Waals surface area contributed by atoms with E-state index in [0.29, 0.717) is 12.2 Å². The fourth-order valence-corrected chi connectivity index (χ4v) is 2.67. The summed E-state index contributed by atoms with van der Waals surface area (Å²) < 4.78 is 7.44. The third-order valence-electron chi connectivity index (χ3n) is 2.98. The lowest BCUT2D eigenvalue weighted by molar-refractivity contribution is -0.386. The standard InChI is InChI=1S/C13H12N4O3S/c14-6-9-1-2-11(17(18)19)12(5-9)20-8-10-7-16-3-4-21-13(16)15-10/h1-5,7H,6,8,14H2. The molecule has 0 saturated carbocycles. The maximum absolute atomic E-state index is 11.0. The molecule has 0 fully saturated rings. The molecule has 0 unspecified atom stereocenters. The average molecular weight is 304 g/mol. The van der Waals surface area contributed by atoms with Crippen LogP contribution in [0, 0.1) is 10.1 Å². The number of nitro groups is 1. The molecule has 2 aromatic heterocycles. The van der Waals surface area contributed by atoms with Crippen LogP contribution in [0.25, 0.3) is 4.96 Å². The normalized spacial score (nSPS) is 10.9. The van der Waals surface area contributed by atoms with E-state index in [1.165, 1.54) is 17.4 Å². The molecule has 0 radical (unpaired) electrons. The molecule has 0 spiro atoms. The number of hydrogen-bond donors (Lipinski definition) is 1. The Bertz CT molecular complexity index is 767. The molecule has 3 aromatic rings. The minimum absolute atomic E-state index is 0.0757. The summed E-state index contributed by atoms with van der Waals surface area (Å²) >= 11 is 1.52. The number of rotatable bonds is 5. The van der Waals surface area contributed by atoms with Gasteiger partial charge in [-0.15, -0.1) is 11.3 Å². The molecule has 2 N–H and O–H groups in total. The number of ether oxygens (including phenoxy) is 1. The van der Waals surface area contributed by atoms with E-state index >= 15 is 0 Å². The summed E-state index contributed by atoms with van der Waals surface area (Å²) in [7, 11) is 0. The van der Waals surface area contributed by atoms with E-state index in [9.17, 15) is 10.1 Å². The van der Waals surface area contributed by atoms with E-state index in [1.54, 1.807) is 12.1 Å². The van der Waals surface area contributed by atoms with E-state index in [1.807, 2.05) is 22.2 Å². The molecule has 1 aromatic carbocycles. The Labute approximate surface area is 123 Å². The topological polar surface area (TPSA) is 95.7 Å². The smallest absolute Gasteiger partial charge is 0.310 e. The summed E-state index contributed by atoms with van der Waals surface area (Å²) in [5, 5.41) is 12.9. The van der Waals surface area contributed by atoms with Crippen LogP contribution < -0.4 is 10.5 Å². The Hall–Kier alpha value is -2.45. The molecule has 0 amide bonds. The second-order valence-corrected chi connectivity index (χ2v) is 5.25. The fraction of sp³-hybridized carbons (Fsp3) is 0.154. The molecule has 0 aliphatic carbocycles. The average Bonchev–Trinajstić information content (AvgIpc) is 3.05. The van der Waals surface area contributed by atoms with E-state index in [-0.39, 0.29) is 18.0 Å². The van der Waals surface area contributed by atoms with Gasteiger partial charge in [-0.1, -0.05) is 6.07 Å². The van der Waals surface area contributed by atoms with Crippen molar-refractivity contribution in [1.82, 2.24) is 9.38 Å². The van der Waals surface area contributed by atoms with Crippen molar-refractivity contribution in [2.45, 2.75) is 13.2 Å². The lowest BCUT2D eigenvalue weighted by Gasteiger charge is -2.06. The zero-order valence-electron chi connectivity index (χ0n) is 10.9. The quantitative estimate of drug-likeness (QED) is 0.576. The first kappa shape index (κ1) is 13.5. The number of nitrogens with two attached hydrogens (primary N) is 1. The van der Waals surface area contributed by atoms with Crippen LogP contribution in [0.5, 0.6) is 5.75 Å². The van der Waals surface area contributed by atoms with Crippen LogP contribution in [0.2, 0.25) is 0 Å². The predicted molar refractivity (Wildman–Crippen MR) is 78.4 cm³/mol. The van der Waals surface area contributed by atoms with Crippen LogP contribution in [0.15, 0.2) is 36.0 Å². The molecule has 0 saturated heterocycles. The second-order valence-electron chi connectivity index (χ2n) is 4.38. The van der Waals surface area contributed by atoms with Crippen molar-refractivity contribution in [2.24, 2.45) is 5.73 Å². The Morgan fingerprint density at radius 2 is 2.33 bits per heavy atom. The van der Waals surface area contributed by atoms with E-state index in [2.05, 4.69) is 4.98 Å². The lowest BCUT2D eigenvalue weighted by Crippen LogP contribution is -2.02. The lowest BCUT2D eigenvalue weighted by atomic mass is 10.2. The summed E-state index contributed by atoms with van der Waals surface area (Å²) in [5.74, 6) is 0.208. The monoisotopic (exact) mass is 304 g/mol. The minimum Gasteiger partial charge on any atom is -0.480 e. The van der Waals surface area contributed by atoms with E-state index < -0.39 is 4.92 Å². The summed E-state index contributed by atoms with van der Waals surface area (Å²) in [6.45, 7) is 0.470. The molecule has 21 heavy (non-hydrogen) atoms. The van der Waals surface area contributed by atoms with E-state index in [4.69, 9.17) is 10.5 Å². The van der Waals surface area contributed by atoms with Crippen molar-refractivity contribution in [1.29, 1.82) is 0 Å². The number of hydrogen-bond acceptors (Lipinski definition) is 6. The van der Waals surface area contributed by atoms with Crippen LogP contribution in [-0.4, -0.2) is 14.3 Å². The van der Waals surface area contributed by atoms with Crippen molar-refractivity contribution in [3.63, 3.8) is 0 Å². The molecule has 3 rings (SSSR count). The predicted octanol–water partition coefficient (Wildman–Crippen LogP) is 2.34. The largest absolute Gasteiger partial charge is 0.480 e. The van der Waals surface area contributed by atoms with Gasteiger partial charge in [0.1, 0.15) is 6.61 Å². The van der Waals surface area contributed by atoms with Crippen molar-refractivity contribution < 1.29 is 9.66 Å². The highest BCUT2D eigenvalue weighted by molar-refractivity contribution is 7.15. The summed E-state index contributed by atoms with van der Waals surface area (Å²) in [5.41, 5.74) is 6.97. The van der Waals surface area contributed by atoms with Gasteiger partial charge in [0, 0.05) is 30.4 Å². The molecule has 0 aliphatic heterocycles. The van der Waals surface area contributed by atoms with Crippen molar-refractivity contribution in [3.05, 3.63) is 57.3 Å². The highest BCUT2D eigenvalue weighted by Gasteiger charge is 2.16. The van der Waals surface area contributed by atoms with Gasteiger partial charge in [-0.25, -0.2) is 4.98 Å². The van der Waals surface area contributed by atoms with Gasteiger partial charge in [0.2, 0.25) is 0 Å². The van der Waals surface area contributed by atoms with Crippen molar-refractivity contribution in [3.8, 4) is 5.75 Å². The minimum atomic E-state index is -0.471. The number of thiazole rings is 1. The summed E-state index contributed by atoms with van der Waals surface area (Å²) in [4.78, 5) is 15.8. The van der Waals surface area contributed by atoms with Gasteiger partial charge in [-0.05, 0) is 11.6 Å². The highest BCUT2D eigenvalue weighted by atomic mass is 32.1. The zero-order chi connectivity index (χ0) is 14.8. The first-order valence-corrected chi connectivity index (χ1v) is 7.06. The van der Waals surface area contributed by atoms with Gasteiger partial charge in [0.05, 0.1) is 10.6 Å². The molecule has 7 nitrogen and oxygen atoms in total. The van der Waals surface area contributed by atoms with Gasteiger partial charge in [-0.3, -0.25) is 14.5 Å². The molecule has 8 heteroatoms. The fourth-order valence-electron chi connectivity index (χ4n) is 1.95. The molecule has 0 atom stereocenters. The Morgan fingerprint density at radius 1 is 1.48 bits per heavy atom. The molecule has 2 heterocycles. The number of nitrogens with zero attached hydrogens (tertiary/aromatic N) is 3. The molecular formula is C13H12N4O3S. The Morgan fingerprint density at radius 3 is 3.05 bits per heavy atom. The van der Waals surface area contributed by atoms with Crippen LogP contribution in [0.3, 0.4) is 0 Å². The van der Waals surface area contributed by atoms with Crippen LogP contribution >= 0.6 is 11.3 Å². The first-order valence-electron chi connectivity index (χ1n) is 6.18. The van der Waals surface area contributed by atoms with Crippen LogP contribution in [0.1, 0.15) is 11.3 Å². The Kier molecular flexibility index (Phi) is 3.55. The second kappa shape index (κ2) is 5.51. The van der Waals surface area contributed by atoms with Gasteiger partial charge in [-0.2, -0.15) is 0 Å². The van der Waals surface area contributed by atoms with Crippen molar-refractivity contribution in [2.75, 3.05) is 0 Å². The third kappa shape index (κ3) is 2.71. The highest BCUT2D eigenvalue weighted by Crippen LogP contribution is 2.28. The van der Waals surface area contributed by atoms with Crippen LogP contribution in [0.4, 0.5) is 5.69 Å². The van der Waals surface area contributed by atoms with Crippen LogP contribution in [-0.2, 0) is 13.2 Å². The van der Waals surface area contributed by atoms with Gasteiger partial charge < -0.3 is 10.5 Å². The van der Waals surface area contributed by atoms with Gasteiger partial charge >= 0.3 is 5.69 Å². The number of aromatic nitrogens is 2. The Balaban J connectivity index is 1.83. The van der Waals surface area contributed by atoms with Gasteiger partial charge in [0.25, 0.3) is 0 Å². The molecular weight excluding hydrogens is 292 g/mol. The maximum atomic E-state index is 11.0. The number of fused-ring (bicyclic) bond motifs is 1. The third-order valence-corrected chi connectivity index (χ3v) is 3.75. The molecule has 0 bridgehead atoms. The summed E-state index contributed by atoms with van der Waals surface area (Å²) in [6.07, 6.45) is 3.73. The van der Waals surface area contributed by atoms with Gasteiger partial charge in [0.15, 0.2) is 10.7 Å². The first-order chi connectivity index (χ1) is 10.2. The number of imidazole rings is 1. The number of nitro benzene ring substituents is 1. The van der Waals surface area contributed by atoms with Crippen molar-refractivity contribution >= 4 is 22.0 Å². The molecule has 0 aliphatic rings. The zero-order valence-corrected chi connectivity index (χ0v) is 11.7. The summed E-state index contributed by atoms with van der Waals surface area (Å²) in [6, 6.07) is 4.62. The van der Waals surface area contributed by atoms with E-state index in [0.717, 1.165) is 10.5 Å². The molecule has 108 valence electrons.